The molecule has 0 atom stereocenters. The molecule has 0 aliphatic carbocycles. The van der Waals surface area contributed by atoms with Crippen LogP contribution in [0.3, 0.4) is 0 Å². The van der Waals surface area contributed by atoms with Gasteiger partial charge in [0.1, 0.15) is 0 Å². The van der Waals surface area contributed by atoms with Crippen molar-refractivity contribution < 1.29 is 5.11 Å². The number of nitrogens with one attached hydrogen (secondary N) is 1. The standard InChI is InChI=1S/C8H7ClN2O/c9-6-1-2-7-8(5(6)3-12)11-4-10-7/h1-2,4,12H,3H2,(H,10,11). The Morgan fingerprint density at radius 2 is 2.33 bits per heavy atom. The van der Waals surface area contributed by atoms with E-state index < -0.39 is 0 Å². The van der Waals surface area contributed by atoms with Gasteiger partial charge in [0.05, 0.1) is 24.0 Å². The Hall–Kier alpha value is -1.06. The van der Waals surface area contributed by atoms with E-state index in [0.717, 1.165) is 11.0 Å². The minimum Gasteiger partial charge on any atom is -0.392 e. The number of aliphatic hydroxyl groups excluding tert-OH is 1. The van der Waals surface area contributed by atoms with Crippen LogP contribution in [0.1, 0.15) is 5.56 Å². The topological polar surface area (TPSA) is 48.9 Å². The number of H-pyrrole nitrogens is 1. The highest BCUT2D eigenvalue weighted by Gasteiger charge is 2.06. The number of benzene rings is 1. The van der Waals surface area contributed by atoms with Gasteiger partial charge in [-0.15, -0.1) is 0 Å². The lowest BCUT2D eigenvalue weighted by molar-refractivity contribution is 0.283. The van der Waals surface area contributed by atoms with Crippen LogP contribution < -0.4 is 0 Å². The molecule has 4 heteroatoms. The van der Waals surface area contributed by atoms with Crippen molar-refractivity contribution in [3.05, 3.63) is 29.0 Å². The molecule has 62 valence electrons. The molecule has 0 aliphatic rings. The zero-order valence-corrected chi connectivity index (χ0v) is 6.97. The third-order valence-corrected chi connectivity index (χ3v) is 2.15. The van der Waals surface area contributed by atoms with Gasteiger partial charge in [0, 0.05) is 10.6 Å². The lowest BCUT2D eigenvalue weighted by Crippen LogP contribution is -1.86. The fraction of sp³-hybridized carbons (Fsp3) is 0.125. The summed E-state index contributed by atoms with van der Waals surface area (Å²) in [6.45, 7) is -0.0823. The number of aromatic amines is 1. The fourth-order valence-electron chi connectivity index (χ4n) is 1.19. The first-order chi connectivity index (χ1) is 5.83. The molecule has 2 N–H and O–H groups in total. The number of hydrogen-bond donors (Lipinski definition) is 2. The summed E-state index contributed by atoms with van der Waals surface area (Å²) in [5.41, 5.74) is 2.31. The van der Waals surface area contributed by atoms with Gasteiger partial charge in [-0.3, -0.25) is 0 Å². The van der Waals surface area contributed by atoms with Gasteiger partial charge in [0.15, 0.2) is 0 Å². The maximum Gasteiger partial charge on any atom is 0.0952 e. The summed E-state index contributed by atoms with van der Waals surface area (Å²) < 4.78 is 0. The molecule has 1 heterocycles. The van der Waals surface area contributed by atoms with Crippen molar-refractivity contribution in [1.29, 1.82) is 0 Å². The van der Waals surface area contributed by atoms with Crippen molar-refractivity contribution in [2.24, 2.45) is 0 Å². The molecule has 0 amide bonds. The minimum absolute atomic E-state index is 0.0823. The molecule has 0 saturated carbocycles. The summed E-state index contributed by atoms with van der Waals surface area (Å²) >= 11 is 5.85. The summed E-state index contributed by atoms with van der Waals surface area (Å²) in [6.07, 6.45) is 1.58. The Balaban J connectivity index is 2.83. The molecule has 2 aromatic rings. The number of aromatic nitrogens is 2. The number of imidazole rings is 1. The second-order valence-electron chi connectivity index (χ2n) is 2.48. The quantitative estimate of drug-likeness (QED) is 0.706. The molecular formula is C8H7ClN2O. The third kappa shape index (κ3) is 0.983. The summed E-state index contributed by atoms with van der Waals surface area (Å²) in [5, 5.41) is 9.55. The van der Waals surface area contributed by atoms with Gasteiger partial charge >= 0.3 is 0 Å². The summed E-state index contributed by atoms with van der Waals surface area (Å²) in [4.78, 5) is 6.99. The Morgan fingerprint density at radius 1 is 1.50 bits per heavy atom. The molecule has 0 aliphatic heterocycles. The Kier molecular flexibility index (Phi) is 1.75. The monoisotopic (exact) mass is 182 g/mol. The van der Waals surface area contributed by atoms with Crippen LogP contribution in [-0.4, -0.2) is 15.1 Å². The molecule has 12 heavy (non-hydrogen) atoms. The van der Waals surface area contributed by atoms with Crippen LogP contribution in [0.15, 0.2) is 18.5 Å². The second kappa shape index (κ2) is 2.77. The van der Waals surface area contributed by atoms with E-state index in [0.29, 0.717) is 10.6 Å². The highest BCUT2D eigenvalue weighted by atomic mass is 35.5. The van der Waals surface area contributed by atoms with Crippen molar-refractivity contribution in [2.45, 2.75) is 6.61 Å². The van der Waals surface area contributed by atoms with Crippen LogP contribution in [0.5, 0.6) is 0 Å². The number of fused-ring (bicyclic) bond motifs is 1. The van der Waals surface area contributed by atoms with Crippen molar-refractivity contribution in [2.75, 3.05) is 0 Å². The maximum absolute atomic E-state index is 9.00. The first-order valence-corrected chi connectivity index (χ1v) is 3.92. The molecule has 2 rings (SSSR count). The average Bonchev–Trinajstić information content (AvgIpc) is 2.52. The highest BCUT2D eigenvalue weighted by Crippen LogP contribution is 2.23. The maximum atomic E-state index is 9.00. The molecule has 1 aromatic heterocycles. The largest absolute Gasteiger partial charge is 0.392 e. The van der Waals surface area contributed by atoms with E-state index in [4.69, 9.17) is 16.7 Å². The number of aliphatic hydroxyl groups is 1. The van der Waals surface area contributed by atoms with Crippen molar-refractivity contribution >= 4 is 22.6 Å². The van der Waals surface area contributed by atoms with Crippen LogP contribution in [-0.2, 0) is 6.61 Å². The van der Waals surface area contributed by atoms with Gasteiger partial charge < -0.3 is 10.1 Å². The first kappa shape index (κ1) is 7.58. The molecule has 0 radical (unpaired) electrons. The lowest BCUT2D eigenvalue weighted by atomic mass is 10.2. The third-order valence-electron chi connectivity index (χ3n) is 1.80. The number of rotatable bonds is 1. The lowest BCUT2D eigenvalue weighted by Gasteiger charge is -1.99. The molecule has 0 unspecified atom stereocenters. The molecule has 0 bridgehead atoms. The zero-order chi connectivity index (χ0) is 8.55. The zero-order valence-electron chi connectivity index (χ0n) is 6.21. The average molecular weight is 183 g/mol. The van der Waals surface area contributed by atoms with Gasteiger partial charge in [0.25, 0.3) is 0 Å². The van der Waals surface area contributed by atoms with E-state index in [-0.39, 0.29) is 6.61 Å². The van der Waals surface area contributed by atoms with E-state index in [2.05, 4.69) is 9.97 Å². The van der Waals surface area contributed by atoms with E-state index in [1.807, 2.05) is 6.07 Å². The van der Waals surface area contributed by atoms with Gasteiger partial charge in [-0.1, -0.05) is 11.6 Å². The van der Waals surface area contributed by atoms with E-state index >= 15 is 0 Å². The van der Waals surface area contributed by atoms with Crippen molar-refractivity contribution in [3.8, 4) is 0 Å². The number of nitrogens with zero attached hydrogens (tertiary/aromatic N) is 1. The first-order valence-electron chi connectivity index (χ1n) is 3.54. The van der Waals surface area contributed by atoms with Crippen LogP contribution in [0.25, 0.3) is 11.0 Å². The molecule has 0 saturated heterocycles. The molecule has 0 fully saturated rings. The summed E-state index contributed by atoms with van der Waals surface area (Å²) in [5.74, 6) is 0. The molecule has 0 spiro atoms. The van der Waals surface area contributed by atoms with Crippen LogP contribution in [0.4, 0.5) is 0 Å². The van der Waals surface area contributed by atoms with E-state index in [1.165, 1.54) is 0 Å². The van der Waals surface area contributed by atoms with Gasteiger partial charge in [-0.2, -0.15) is 0 Å². The van der Waals surface area contributed by atoms with Gasteiger partial charge in [0.2, 0.25) is 0 Å². The van der Waals surface area contributed by atoms with Gasteiger partial charge in [-0.25, -0.2) is 4.98 Å². The second-order valence-corrected chi connectivity index (χ2v) is 2.89. The predicted octanol–water partition coefficient (Wildman–Crippen LogP) is 1.71. The van der Waals surface area contributed by atoms with Crippen molar-refractivity contribution in [1.82, 2.24) is 9.97 Å². The smallest absolute Gasteiger partial charge is 0.0952 e. The normalized spacial score (nSPS) is 10.8. The highest BCUT2D eigenvalue weighted by molar-refractivity contribution is 6.32. The molecule has 3 nitrogen and oxygen atoms in total. The summed E-state index contributed by atoms with van der Waals surface area (Å²) in [7, 11) is 0. The molecule has 1 aromatic carbocycles. The summed E-state index contributed by atoms with van der Waals surface area (Å²) in [6, 6.07) is 3.58. The SMILES string of the molecule is OCc1c(Cl)ccc2[nH]cnc12. The van der Waals surface area contributed by atoms with Crippen molar-refractivity contribution in [3.63, 3.8) is 0 Å². The minimum atomic E-state index is -0.0823. The molecular weight excluding hydrogens is 176 g/mol. The van der Waals surface area contributed by atoms with E-state index in [9.17, 15) is 0 Å². The Bertz CT molecular complexity index is 410. The van der Waals surface area contributed by atoms with Gasteiger partial charge in [-0.05, 0) is 12.1 Å². The van der Waals surface area contributed by atoms with Crippen LogP contribution >= 0.6 is 11.6 Å². The van der Waals surface area contributed by atoms with Crippen LogP contribution in [0.2, 0.25) is 5.02 Å². The van der Waals surface area contributed by atoms with E-state index in [1.54, 1.807) is 12.4 Å². The predicted molar refractivity (Wildman–Crippen MR) is 47.0 cm³/mol. The number of halogens is 1. The fourth-order valence-corrected chi connectivity index (χ4v) is 1.40. The number of hydrogen-bond acceptors (Lipinski definition) is 2. The Labute approximate surface area is 74.0 Å². The van der Waals surface area contributed by atoms with Crippen LogP contribution in [0, 0.1) is 0 Å². The Morgan fingerprint density at radius 3 is 3.08 bits per heavy atom.